The SMILES string of the molecule is COc1ccnc(N2CCN(C(C)c3cccc(F)c3)CC2)n1. The molecule has 1 atom stereocenters. The number of anilines is 1. The molecule has 0 amide bonds. The zero-order chi connectivity index (χ0) is 16.2. The van der Waals surface area contributed by atoms with E-state index in [1.165, 1.54) is 6.07 Å². The molecule has 1 unspecified atom stereocenters. The van der Waals surface area contributed by atoms with Crippen molar-refractivity contribution in [3.05, 3.63) is 47.9 Å². The Balaban J connectivity index is 1.63. The molecule has 0 aliphatic carbocycles. The summed E-state index contributed by atoms with van der Waals surface area (Å²) in [4.78, 5) is 13.2. The molecule has 3 rings (SSSR count). The summed E-state index contributed by atoms with van der Waals surface area (Å²) >= 11 is 0. The van der Waals surface area contributed by atoms with Gasteiger partial charge in [-0.1, -0.05) is 12.1 Å². The van der Waals surface area contributed by atoms with Crippen molar-refractivity contribution in [2.24, 2.45) is 0 Å². The van der Waals surface area contributed by atoms with Gasteiger partial charge in [-0.05, 0) is 24.6 Å². The van der Waals surface area contributed by atoms with Crippen molar-refractivity contribution in [2.45, 2.75) is 13.0 Å². The van der Waals surface area contributed by atoms with Crippen LogP contribution in [-0.2, 0) is 0 Å². The summed E-state index contributed by atoms with van der Waals surface area (Å²) in [7, 11) is 1.60. The maximum Gasteiger partial charge on any atom is 0.228 e. The van der Waals surface area contributed by atoms with Gasteiger partial charge in [-0.3, -0.25) is 4.90 Å². The van der Waals surface area contributed by atoms with Crippen molar-refractivity contribution in [1.29, 1.82) is 0 Å². The molecule has 0 N–H and O–H groups in total. The van der Waals surface area contributed by atoms with Crippen molar-refractivity contribution >= 4 is 5.95 Å². The van der Waals surface area contributed by atoms with Crippen LogP contribution in [0.15, 0.2) is 36.5 Å². The van der Waals surface area contributed by atoms with Crippen molar-refractivity contribution in [1.82, 2.24) is 14.9 Å². The van der Waals surface area contributed by atoms with Gasteiger partial charge >= 0.3 is 0 Å². The fraction of sp³-hybridized carbons (Fsp3) is 0.412. The maximum absolute atomic E-state index is 13.4. The molecule has 1 aliphatic rings. The number of rotatable bonds is 4. The van der Waals surface area contributed by atoms with Crippen LogP contribution >= 0.6 is 0 Å². The molecule has 0 bridgehead atoms. The Morgan fingerprint density at radius 2 is 1.96 bits per heavy atom. The molecule has 0 radical (unpaired) electrons. The van der Waals surface area contributed by atoms with E-state index in [1.54, 1.807) is 31.5 Å². The van der Waals surface area contributed by atoms with Crippen molar-refractivity contribution < 1.29 is 9.13 Å². The van der Waals surface area contributed by atoms with E-state index in [0.29, 0.717) is 11.8 Å². The van der Waals surface area contributed by atoms with E-state index in [0.717, 1.165) is 31.7 Å². The molecule has 2 heterocycles. The molecular formula is C17H21FN4O. The van der Waals surface area contributed by atoms with Crippen LogP contribution in [0, 0.1) is 5.82 Å². The lowest BCUT2D eigenvalue weighted by Crippen LogP contribution is -2.47. The number of hydrogen-bond acceptors (Lipinski definition) is 5. The van der Waals surface area contributed by atoms with E-state index in [4.69, 9.17) is 4.74 Å². The van der Waals surface area contributed by atoms with Crippen LogP contribution < -0.4 is 9.64 Å². The number of piperazine rings is 1. The molecule has 5 nitrogen and oxygen atoms in total. The summed E-state index contributed by atoms with van der Waals surface area (Å²) in [6.07, 6.45) is 1.71. The van der Waals surface area contributed by atoms with Crippen molar-refractivity contribution in [3.8, 4) is 5.88 Å². The molecule has 122 valence electrons. The molecule has 2 aromatic rings. The average molecular weight is 316 g/mol. The Kier molecular flexibility index (Phi) is 4.71. The van der Waals surface area contributed by atoms with Crippen LogP contribution in [0.5, 0.6) is 5.88 Å². The van der Waals surface area contributed by atoms with Gasteiger partial charge in [-0.2, -0.15) is 4.98 Å². The molecule has 0 spiro atoms. The lowest BCUT2D eigenvalue weighted by Gasteiger charge is -2.38. The highest BCUT2D eigenvalue weighted by molar-refractivity contribution is 5.33. The molecular weight excluding hydrogens is 295 g/mol. The van der Waals surface area contributed by atoms with Gasteiger partial charge in [-0.15, -0.1) is 0 Å². The third-order valence-corrected chi connectivity index (χ3v) is 4.30. The zero-order valence-electron chi connectivity index (χ0n) is 13.4. The third kappa shape index (κ3) is 3.59. The van der Waals surface area contributed by atoms with Crippen LogP contribution in [0.3, 0.4) is 0 Å². The van der Waals surface area contributed by atoms with Crippen molar-refractivity contribution in [2.75, 3.05) is 38.2 Å². The summed E-state index contributed by atoms with van der Waals surface area (Å²) in [5.41, 5.74) is 1.01. The van der Waals surface area contributed by atoms with Gasteiger partial charge in [0, 0.05) is 44.5 Å². The molecule has 1 saturated heterocycles. The number of aromatic nitrogens is 2. The number of halogens is 1. The van der Waals surface area contributed by atoms with E-state index in [1.807, 2.05) is 6.07 Å². The predicted octanol–water partition coefficient (Wildman–Crippen LogP) is 2.51. The Hall–Kier alpha value is -2.21. The normalized spacial score (nSPS) is 17.1. The summed E-state index contributed by atoms with van der Waals surface area (Å²) in [5, 5.41) is 0. The van der Waals surface area contributed by atoms with E-state index >= 15 is 0 Å². The Bertz CT molecular complexity index is 659. The highest BCUT2D eigenvalue weighted by atomic mass is 19.1. The molecule has 0 saturated carbocycles. The third-order valence-electron chi connectivity index (χ3n) is 4.30. The topological polar surface area (TPSA) is 41.5 Å². The van der Waals surface area contributed by atoms with Gasteiger partial charge in [0.2, 0.25) is 11.8 Å². The minimum Gasteiger partial charge on any atom is -0.481 e. The monoisotopic (exact) mass is 316 g/mol. The molecule has 1 aromatic heterocycles. The van der Waals surface area contributed by atoms with Gasteiger partial charge in [0.15, 0.2) is 0 Å². The number of methoxy groups -OCH3 is 1. The Morgan fingerprint density at radius 1 is 1.17 bits per heavy atom. The van der Waals surface area contributed by atoms with E-state index < -0.39 is 0 Å². The fourth-order valence-electron chi connectivity index (χ4n) is 2.88. The lowest BCUT2D eigenvalue weighted by molar-refractivity contribution is 0.197. The largest absolute Gasteiger partial charge is 0.481 e. The Morgan fingerprint density at radius 3 is 2.65 bits per heavy atom. The first-order chi connectivity index (χ1) is 11.2. The molecule has 1 aromatic carbocycles. The molecule has 1 fully saturated rings. The lowest BCUT2D eigenvalue weighted by atomic mass is 10.1. The number of ether oxygens (including phenoxy) is 1. The van der Waals surface area contributed by atoms with Gasteiger partial charge in [0.1, 0.15) is 5.82 Å². The minimum absolute atomic E-state index is 0.183. The molecule has 6 heteroatoms. The summed E-state index contributed by atoms with van der Waals surface area (Å²) in [6, 6.07) is 8.77. The van der Waals surface area contributed by atoms with Crippen LogP contribution in [0.1, 0.15) is 18.5 Å². The number of benzene rings is 1. The van der Waals surface area contributed by atoms with Gasteiger partial charge < -0.3 is 9.64 Å². The summed E-state index contributed by atoms with van der Waals surface area (Å²) in [6.45, 7) is 5.57. The first kappa shape index (κ1) is 15.7. The highest BCUT2D eigenvalue weighted by Gasteiger charge is 2.23. The van der Waals surface area contributed by atoms with E-state index in [-0.39, 0.29) is 11.9 Å². The minimum atomic E-state index is -0.183. The first-order valence-electron chi connectivity index (χ1n) is 7.79. The van der Waals surface area contributed by atoms with E-state index in [2.05, 4.69) is 26.7 Å². The van der Waals surface area contributed by atoms with Gasteiger partial charge in [0.05, 0.1) is 7.11 Å². The van der Waals surface area contributed by atoms with Crippen LogP contribution in [0.25, 0.3) is 0 Å². The van der Waals surface area contributed by atoms with Crippen LogP contribution in [-0.4, -0.2) is 48.2 Å². The molecule has 23 heavy (non-hydrogen) atoms. The number of hydrogen-bond donors (Lipinski definition) is 0. The summed E-state index contributed by atoms with van der Waals surface area (Å²) < 4.78 is 18.5. The fourth-order valence-corrected chi connectivity index (χ4v) is 2.88. The molecule has 1 aliphatic heterocycles. The average Bonchev–Trinajstić information content (AvgIpc) is 2.61. The van der Waals surface area contributed by atoms with Gasteiger partial charge in [-0.25, -0.2) is 9.37 Å². The quantitative estimate of drug-likeness (QED) is 0.867. The highest BCUT2D eigenvalue weighted by Crippen LogP contribution is 2.23. The smallest absolute Gasteiger partial charge is 0.228 e. The second-order valence-electron chi connectivity index (χ2n) is 5.65. The standard InChI is InChI=1S/C17H21FN4O/c1-13(14-4-3-5-15(18)12-14)21-8-10-22(11-9-21)17-19-7-6-16(20-17)23-2/h3-7,12-13H,8-11H2,1-2H3. The summed E-state index contributed by atoms with van der Waals surface area (Å²) in [5.74, 6) is 1.09. The second kappa shape index (κ2) is 6.91. The number of nitrogens with zero attached hydrogens (tertiary/aromatic N) is 4. The first-order valence-corrected chi connectivity index (χ1v) is 7.79. The second-order valence-corrected chi connectivity index (χ2v) is 5.65. The van der Waals surface area contributed by atoms with Gasteiger partial charge in [0.25, 0.3) is 0 Å². The van der Waals surface area contributed by atoms with E-state index in [9.17, 15) is 4.39 Å². The van der Waals surface area contributed by atoms with Crippen LogP contribution in [0.4, 0.5) is 10.3 Å². The Labute approximate surface area is 135 Å². The zero-order valence-corrected chi connectivity index (χ0v) is 13.4. The van der Waals surface area contributed by atoms with Crippen LogP contribution in [0.2, 0.25) is 0 Å². The maximum atomic E-state index is 13.4. The predicted molar refractivity (Wildman–Crippen MR) is 87.2 cm³/mol. The van der Waals surface area contributed by atoms with Crippen molar-refractivity contribution in [3.63, 3.8) is 0 Å².